The highest BCUT2D eigenvalue weighted by atomic mass is 79.9. The summed E-state index contributed by atoms with van der Waals surface area (Å²) < 4.78 is 6.09. The lowest BCUT2D eigenvalue weighted by molar-refractivity contribution is -0.118. The molecular weight excluding hydrogens is 256 g/mol. The van der Waals surface area contributed by atoms with Crippen LogP contribution in [0.3, 0.4) is 0 Å². The first-order valence-corrected chi connectivity index (χ1v) is 5.51. The number of ether oxygens (including phenoxy) is 1. The van der Waals surface area contributed by atoms with Crippen LogP contribution in [0.25, 0.3) is 6.08 Å². The van der Waals surface area contributed by atoms with Gasteiger partial charge in [-0.05, 0) is 30.7 Å². The third-order valence-electron chi connectivity index (χ3n) is 2.40. The van der Waals surface area contributed by atoms with Crippen molar-refractivity contribution >= 4 is 27.8 Å². The summed E-state index contributed by atoms with van der Waals surface area (Å²) in [5.41, 5.74) is 0.460. The molecule has 1 aliphatic rings. The smallest absolute Gasteiger partial charge is 0.189 e. The van der Waals surface area contributed by atoms with Crippen LogP contribution in [0.15, 0.2) is 34.8 Å². The Morgan fingerprint density at radius 1 is 1.47 bits per heavy atom. The highest BCUT2D eigenvalue weighted by Gasteiger charge is 2.45. The molecule has 1 saturated heterocycles. The molecule has 1 heterocycles. The van der Waals surface area contributed by atoms with E-state index in [4.69, 9.17) is 4.74 Å². The lowest BCUT2D eigenvalue weighted by Gasteiger charge is -1.97. The van der Waals surface area contributed by atoms with Gasteiger partial charge in [-0.15, -0.1) is 0 Å². The summed E-state index contributed by atoms with van der Waals surface area (Å²) in [5, 5.41) is 0. The number of ketones is 1. The average molecular weight is 267 g/mol. The zero-order valence-corrected chi connectivity index (χ0v) is 9.95. The zero-order valence-electron chi connectivity index (χ0n) is 8.37. The molecule has 0 radical (unpaired) electrons. The quantitative estimate of drug-likeness (QED) is 0.622. The molecule has 1 aromatic carbocycles. The summed E-state index contributed by atoms with van der Waals surface area (Å²) >= 11 is 3.36. The summed E-state index contributed by atoms with van der Waals surface area (Å²) in [4.78, 5) is 11.5. The Bertz CT molecular complexity index is 402. The van der Waals surface area contributed by atoms with Gasteiger partial charge in [0.05, 0.1) is 6.61 Å². The fourth-order valence-electron chi connectivity index (χ4n) is 1.17. The van der Waals surface area contributed by atoms with Crippen molar-refractivity contribution in [3.63, 3.8) is 0 Å². The van der Waals surface area contributed by atoms with Gasteiger partial charge in [0.1, 0.15) is 0 Å². The molecule has 1 atom stereocenters. The number of benzene rings is 1. The van der Waals surface area contributed by atoms with E-state index in [1.165, 1.54) is 0 Å². The van der Waals surface area contributed by atoms with Gasteiger partial charge in [-0.3, -0.25) is 4.79 Å². The first-order valence-electron chi connectivity index (χ1n) is 4.72. The number of carbonyl (C=O) groups excluding carboxylic acids is 1. The molecule has 0 spiro atoms. The lowest BCUT2D eigenvalue weighted by atomic mass is 10.1. The third kappa shape index (κ3) is 2.55. The predicted octanol–water partition coefficient (Wildman–Crippen LogP) is 2.82. The molecule has 1 fully saturated rings. The van der Waals surface area contributed by atoms with Crippen molar-refractivity contribution in [3.8, 4) is 0 Å². The van der Waals surface area contributed by atoms with Crippen LogP contribution in [0.1, 0.15) is 12.5 Å². The molecule has 0 saturated carbocycles. The third-order valence-corrected chi connectivity index (χ3v) is 2.92. The number of hydrogen-bond acceptors (Lipinski definition) is 2. The summed E-state index contributed by atoms with van der Waals surface area (Å²) in [6.45, 7) is 2.35. The molecular formula is C12H11BrO2. The first-order chi connectivity index (χ1) is 7.10. The maximum absolute atomic E-state index is 11.5. The van der Waals surface area contributed by atoms with Crippen molar-refractivity contribution in [2.45, 2.75) is 12.5 Å². The number of carbonyl (C=O) groups is 1. The molecule has 15 heavy (non-hydrogen) atoms. The molecule has 0 aliphatic carbocycles. The van der Waals surface area contributed by atoms with Crippen molar-refractivity contribution in [2.24, 2.45) is 0 Å². The molecule has 1 aromatic rings. The van der Waals surface area contributed by atoms with Crippen LogP contribution in [-0.4, -0.2) is 18.0 Å². The van der Waals surface area contributed by atoms with Gasteiger partial charge in [-0.25, -0.2) is 0 Å². The standard InChI is InChI=1S/C12H11BrO2/c1-12(8-15-12)11(14)7-4-9-2-5-10(13)6-3-9/h2-7H,8H2,1H3/b7-4+/t12-/m0/s1. The Hall–Kier alpha value is -0.930. The van der Waals surface area contributed by atoms with Crippen LogP contribution in [0.4, 0.5) is 0 Å². The maximum Gasteiger partial charge on any atom is 0.189 e. The van der Waals surface area contributed by atoms with E-state index in [0.29, 0.717) is 6.61 Å². The number of epoxide rings is 1. The largest absolute Gasteiger partial charge is 0.361 e. The monoisotopic (exact) mass is 266 g/mol. The molecule has 0 N–H and O–H groups in total. The fourth-order valence-corrected chi connectivity index (χ4v) is 1.44. The van der Waals surface area contributed by atoms with Gasteiger partial charge in [-0.2, -0.15) is 0 Å². The molecule has 3 heteroatoms. The van der Waals surface area contributed by atoms with Gasteiger partial charge in [0, 0.05) is 4.47 Å². The van der Waals surface area contributed by atoms with Crippen LogP contribution >= 0.6 is 15.9 Å². The average Bonchev–Trinajstić information content (AvgIpc) is 2.97. The molecule has 0 aromatic heterocycles. The van der Waals surface area contributed by atoms with Gasteiger partial charge in [-0.1, -0.05) is 34.1 Å². The van der Waals surface area contributed by atoms with Crippen molar-refractivity contribution in [2.75, 3.05) is 6.61 Å². The molecule has 2 rings (SSSR count). The Labute approximate surface area is 97.1 Å². The summed E-state index contributed by atoms with van der Waals surface area (Å²) in [6.07, 6.45) is 3.39. The number of hydrogen-bond donors (Lipinski definition) is 0. The van der Waals surface area contributed by atoms with E-state index >= 15 is 0 Å². The molecule has 78 valence electrons. The highest BCUT2D eigenvalue weighted by molar-refractivity contribution is 9.10. The second-order valence-corrected chi connectivity index (χ2v) is 4.68. The molecule has 0 amide bonds. The number of halogens is 1. The Morgan fingerprint density at radius 2 is 2.07 bits per heavy atom. The summed E-state index contributed by atoms with van der Waals surface area (Å²) in [6, 6.07) is 7.78. The molecule has 0 bridgehead atoms. The number of rotatable bonds is 3. The minimum atomic E-state index is -0.550. The zero-order chi connectivity index (χ0) is 10.9. The van der Waals surface area contributed by atoms with Gasteiger partial charge < -0.3 is 4.74 Å². The normalized spacial score (nSPS) is 24.4. The SMILES string of the molecule is C[C@@]1(C(=O)/C=C/c2ccc(Br)cc2)CO1. The second-order valence-electron chi connectivity index (χ2n) is 3.77. The van der Waals surface area contributed by atoms with Crippen LogP contribution in [-0.2, 0) is 9.53 Å². The van der Waals surface area contributed by atoms with E-state index in [1.54, 1.807) is 13.0 Å². The van der Waals surface area contributed by atoms with E-state index in [0.717, 1.165) is 10.0 Å². The minimum absolute atomic E-state index is 0.0328. The van der Waals surface area contributed by atoms with Crippen LogP contribution < -0.4 is 0 Å². The van der Waals surface area contributed by atoms with E-state index < -0.39 is 5.60 Å². The van der Waals surface area contributed by atoms with Crippen LogP contribution in [0, 0.1) is 0 Å². The topological polar surface area (TPSA) is 29.6 Å². The highest BCUT2D eigenvalue weighted by Crippen LogP contribution is 2.27. The Balaban J connectivity index is 2.05. The molecule has 2 nitrogen and oxygen atoms in total. The van der Waals surface area contributed by atoms with E-state index in [-0.39, 0.29) is 5.78 Å². The summed E-state index contributed by atoms with van der Waals surface area (Å²) in [7, 11) is 0. The van der Waals surface area contributed by atoms with E-state index in [2.05, 4.69) is 15.9 Å². The summed E-state index contributed by atoms with van der Waals surface area (Å²) in [5.74, 6) is 0.0328. The fraction of sp³-hybridized carbons (Fsp3) is 0.250. The van der Waals surface area contributed by atoms with Crippen LogP contribution in [0.2, 0.25) is 0 Å². The molecule has 0 unspecified atom stereocenters. The van der Waals surface area contributed by atoms with Crippen molar-refractivity contribution < 1.29 is 9.53 Å². The Kier molecular flexibility index (Phi) is 2.76. The van der Waals surface area contributed by atoms with Gasteiger partial charge in [0.25, 0.3) is 0 Å². The lowest BCUT2D eigenvalue weighted by Crippen LogP contribution is -2.17. The molecule has 1 aliphatic heterocycles. The van der Waals surface area contributed by atoms with Crippen molar-refractivity contribution in [3.05, 3.63) is 40.4 Å². The predicted molar refractivity (Wildman–Crippen MR) is 62.5 cm³/mol. The van der Waals surface area contributed by atoms with Gasteiger partial charge >= 0.3 is 0 Å². The Morgan fingerprint density at radius 3 is 2.60 bits per heavy atom. The maximum atomic E-state index is 11.5. The van der Waals surface area contributed by atoms with Crippen molar-refractivity contribution in [1.29, 1.82) is 0 Å². The second kappa shape index (κ2) is 3.91. The van der Waals surface area contributed by atoms with E-state index in [9.17, 15) is 4.79 Å². The van der Waals surface area contributed by atoms with Gasteiger partial charge in [0.2, 0.25) is 0 Å². The van der Waals surface area contributed by atoms with Gasteiger partial charge in [0.15, 0.2) is 11.4 Å². The minimum Gasteiger partial charge on any atom is -0.361 e. The van der Waals surface area contributed by atoms with Crippen LogP contribution in [0.5, 0.6) is 0 Å². The first kappa shape index (κ1) is 10.6. The van der Waals surface area contributed by atoms with Crippen molar-refractivity contribution in [1.82, 2.24) is 0 Å². The van der Waals surface area contributed by atoms with E-state index in [1.807, 2.05) is 30.3 Å².